The lowest BCUT2D eigenvalue weighted by Crippen LogP contribution is -2.25. The molecule has 2 aromatic carbocycles. The predicted octanol–water partition coefficient (Wildman–Crippen LogP) is 4.68. The molecule has 0 aliphatic heterocycles. The second-order valence-electron chi connectivity index (χ2n) is 7.75. The Labute approximate surface area is 200 Å². The molecule has 0 fully saturated rings. The third-order valence-corrected chi connectivity index (χ3v) is 6.50. The second-order valence-corrected chi connectivity index (χ2v) is 9.10. The maximum atomic E-state index is 13.2. The van der Waals surface area contributed by atoms with Crippen molar-refractivity contribution in [2.75, 3.05) is 11.1 Å². The number of carbonyl (C=O) groups excluding carboxylic acids is 1. The fraction of sp³-hybridized carbons (Fsp3) is 0.250. The van der Waals surface area contributed by atoms with Gasteiger partial charge in [0.2, 0.25) is 5.91 Å². The Morgan fingerprint density at radius 3 is 2.58 bits per heavy atom. The number of nitrogens with zero attached hydrogens (tertiary/aromatic N) is 4. The molecule has 0 unspecified atom stereocenters. The molecule has 0 aliphatic rings. The van der Waals surface area contributed by atoms with Crippen LogP contribution in [0.15, 0.2) is 64.7 Å². The number of hydrogen-bond acceptors (Lipinski definition) is 5. The molecule has 7 nitrogen and oxygen atoms in total. The molecule has 4 rings (SSSR count). The third-order valence-electron chi connectivity index (χ3n) is 5.15. The fourth-order valence-corrected chi connectivity index (χ4v) is 4.39. The van der Waals surface area contributed by atoms with Gasteiger partial charge in [0.1, 0.15) is 0 Å². The molecule has 33 heavy (non-hydrogen) atoms. The molecule has 4 aromatic rings. The van der Waals surface area contributed by atoms with E-state index in [2.05, 4.69) is 15.4 Å². The number of thioether (sulfide) groups is 1. The standard InChI is InChI=1S/C24H24ClN5O2S/c1-16-8-10-18(11-9-16)26-22(31)15-33-24-27-21-7-4-3-6-19(21)23(32)30(24)13-5-12-29-14-20(25)17(2)28-29/h3-4,6-11,14H,5,12-13,15H2,1-2H3,(H,26,31). The van der Waals surface area contributed by atoms with Crippen LogP contribution >= 0.6 is 23.4 Å². The molecular weight excluding hydrogens is 458 g/mol. The number of benzene rings is 2. The highest BCUT2D eigenvalue weighted by atomic mass is 35.5. The van der Waals surface area contributed by atoms with E-state index in [0.29, 0.717) is 40.6 Å². The average molecular weight is 482 g/mol. The number of para-hydroxylation sites is 1. The molecule has 2 aromatic heterocycles. The van der Waals surface area contributed by atoms with Crippen molar-refractivity contribution in [1.29, 1.82) is 0 Å². The molecule has 0 spiro atoms. The van der Waals surface area contributed by atoms with Gasteiger partial charge in [0, 0.05) is 25.0 Å². The first-order chi connectivity index (χ1) is 15.9. The van der Waals surface area contributed by atoms with E-state index < -0.39 is 0 Å². The molecule has 0 aliphatic carbocycles. The van der Waals surface area contributed by atoms with Crippen LogP contribution in [0.25, 0.3) is 10.9 Å². The molecular formula is C24H24ClN5O2S. The number of anilines is 1. The van der Waals surface area contributed by atoms with Gasteiger partial charge in [-0.3, -0.25) is 18.8 Å². The zero-order valence-electron chi connectivity index (χ0n) is 18.4. The molecule has 0 saturated carbocycles. The van der Waals surface area contributed by atoms with Crippen molar-refractivity contribution in [3.05, 3.63) is 81.4 Å². The first-order valence-electron chi connectivity index (χ1n) is 10.6. The van der Waals surface area contributed by atoms with Crippen LogP contribution in [0.3, 0.4) is 0 Å². The maximum absolute atomic E-state index is 13.2. The van der Waals surface area contributed by atoms with Gasteiger partial charge >= 0.3 is 0 Å². The summed E-state index contributed by atoms with van der Waals surface area (Å²) in [5.41, 5.74) is 3.14. The van der Waals surface area contributed by atoms with Gasteiger partial charge < -0.3 is 5.32 Å². The zero-order valence-corrected chi connectivity index (χ0v) is 20.0. The SMILES string of the molecule is Cc1ccc(NC(=O)CSc2nc3ccccc3c(=O)n2CCCn2cc(Cl)c(C)n2)cc1. The van der Waals surface area contributed by atoms with E-state index in [4.69, 9.17) is 11.6 Å². The Bertz CT molecular complexity index is 1330. The van der Waals surface area contributed by atoms with Gasteiger partial charge in [-0.15, -0.1) is 0 Å². The quantitative estimate of drug-likeness (QED) is 0.292. The molecule has 0 atom stereocenters. The summed E-state index contributed by atoms with van der Waals surface area (Å²) in [5.74, 6) is -0.00782. The van der Waals surface area contributed by atoms with Gasteiger partial charge in [0.25, 0.3) is 5.56 Å². The molecule has 0 bridgehead atoms. The summed E-state index contributed by atoms with van der Waals surface area (Å²) < 4.78 is 3.42. The molecule has 170 valence electrons. The Morgan fingerprint density at radius 1 is 1.09 bits per heavy atom. The van der Waals surface area contributed by atoms with Crippen molar-refractivity contribution in [1.82, 2.24) is 19.3 Å². The van der Waals surface area contributed by atoms with Gasteiger partial charge in [0.15, 0.2) is 5.16 Å². The number of amides is 1. The van der Waals surface area contributed by atoms with Crippen molar-refractivity contribution in [2.45, 2.75) is 38.5 Å². The van der Waals surface area contributed by atoms with Gasteiger partial charge in [0.05, 0.1) is 27.4 Å². The number of carbonyl (C=O) groups is 1. The van der Waals surface area contributed by atoms with Crippen molar-refractivity contribution in [3.63, 3.8) is 0 Å². The predicted molar refractivity (Wildman–Crippen MR) is 133 cm³/mol. The first kappa shape index (κ1) is 23.1. The summed E-state index contributed by atoms with van der Waals surface area (Å²) in [7, 11) is 0. The Balaban J connectivity index is 1.50. The van der Waals surface area contributed by atoms with Crippen LogP contribution in [0.1, 0.15) is 17.7 Å². The second kappa shape index (κ2) is 10.2. The normalized spacial score (nSPS) is 11.1. The van der Waals surface area contributed by atoms with E-state index >= 15 is 0 Å². The summed E-state index contributed by atoms with van der Waals surface area (Å²) in [5, 5.41) is 8.95. The summed E-state index contributed by atoms with van der Waals surface area (Å²) >= 11 is 7.34. The number of rotatable bonds is 8. The minimum Gasteiger partial charge on any atom is -0.325 e. The molecule has 1 N–H and O–H groups in total. The number of aromatic nitrogens is 4. The first-order valence-corrected chi connectivity index (χ1v) is 12.0. The van der Waals surface area contributed by atoms with Crippen molar-refractivity contribution in [3.8, 4) is 0 Å². The zero-order chi connectivity index (χ0) is 23.4. The van der Waals surface area contributed by atoms with Crippen molar-refractivity contribution >= 4 is 45.9 Å². The molecule has 2 heterocycles. The summed E-state index contributed by atoms with van der Waals surface area (Å²) in [6, 6.07) is 14.9. The number of aryl methyl sites for hydroxylation is 3. The molecule has 1 amide bonds. The number of hydrogen-bond donors (Lipinski definition) is 1. The largest absolute Gasteiger partial charge is 0.325 e. The highest BCUT2D eigenvalue weighted by molar-refractivity contribution is 7.99. The monoisotopic (exact) mass is 481 g/mol. The maximum Gasteiger partial charge on any atom is 0.262 e. The van der Waals surface area contributed by atoms with Crippen LogP contribution in [0.2, 0.25) is 5.02 Å². The van der Waals surface area contributed by atoms with E-state index in [1.807, 2.05) is 56.3 Å². The van der Waals surface area contributed by atoms with Crippen LogP contribution < -0.4 is 10.9 Å². The highest BCUT2D eigenvalue weighted by Crippen LogP contribution is 2.19. The number of halogens is 1. The number of fused-ring (bicyclic) bond motifs is 1. The van der Waals surface area contributed by atoms with Crippen LogP contribution in [-0.4, -0.2) is 31.0 Å². The topological polar surface area (TPSA) is 81.8 Å². The van der Waals surface area contributed by atoms with E-state index in [1.54, 1.807) is 21.5 Å². The highest BCUT2D eigenvalue weighted by Gasteiger charge is 2.14. The lowest BCUT2D eigenvalue weighted by molar-refractivity contribution is -0.113. The van der Waals surface area contributed by atoms with E-state index in [0.717, 1.165) is 16.9 Å². The van der Waals surface area contributed by atoms with Crippen LogP contribution in [-0.2, 0) is 17.9 Å². The third kappa shape index (κ3) is 5.64. The van der Waals surface area contributed by atoms with E-state index in [1.165, 1.54) is 11.8 Å². The van der Waals surface area contributed by atoms with Gasteiger partial charge in [-0.05, 0) is 44.5 Å². The van der Waals surface area contributed by atoms with Crippen molar-refractivity contribution < 1.29 is 4.79 Å². The summed E-state index contributed by atoms with van der Waals surface area (Å²) in [6.45, 7) is 4.92. The lowest BCUT2D eigenvalue weighted by atomic mass is 10.2. The van der Waals surface area contributed by atoms with E-state index in [-0.39, 0.29) is 17.2 Å². The van der Waals surface area contributed by atoms with Crippen molar-refractivity contribution in [2.24, 2.45) is 0 Å². The number of nitrogens with one attached hydrogen (secondary N) is 1. The fourth-order valence-electron chi connectivity index (χ4n) is 3.42. The average Bonchev–Trinajstić information content (AvgIpc) is 3.12. The minimum absolute atomic E-state index is 0.114. The van der Waals surface area contributed by atoms with Gasteiger partial charge in [-0.2, -0.15) is 5.10 Å². The summed E-state index contributed by atoms with van der Waals surface area (Å²) in [4.78, 5) is 30.3. The molecule has 0 radical (unpaired) electrons. The molecule has 0 saturated heterocycles. The Kier molecular flexibility index (Phi) is 7.15. The van der Waals surface area contributed by atoms with Crippen LogP contribution in [0.5, 0.6) is 0 Å². The Morgan fingerprint density at radius 2 is 1.85 bits per heavy atom. The Hall–Kier alpha value is -3.10. The molecule has 9 heteroatoms. The smallest absolute Gasteiger partial charge is 0.262 e. The van der Waals surface area contributed by atoms with Gasteiger partial charge in [-0.25, -0.2) is 4.98 Å². The minimum atomic E-state index is -0.153. The van der Waals surface area contributed by atoms with E-state index in [9.17, 15) is 9.59 Å². The summed E-state index contributed by atoms with van der Waals surface area (Å²) in [6.07, 6.45) is 2.45. The van der Waals surface area contributed by atoms with Crippen LogP contribution in [0, 0.1) is 13.8 Å². The van der Waals surface area contributed by atoms with Gasteiger partial charge in [-0.1, -0.05) is 53.2 Å². The lowest BCUT2D eigenvalue weighted by Gasteiger charge is -2.13. The van der Waals surface area contributed by atoms with Crippen LogP contribution in [0.4, 0.5) is 5.69 Å².